The molecule has 0 saturated carbocycles. The molecule has 3 N–H and O–H groups in total. The third kappa shape index (κ3) is 4.63. The van der Waals surface area contributed by atoms with Crippen molar-refractivity contribution in [1.29, 1.82) is 0 Å². The predicted molar refractivity (Wildman–Crippen MR) is 72.9 cm³/mol. The molecule has 0 radical (unpaired) electrons. The number of rotatable bonds is 2. The maximum absolute atomic E-state index is 11.8. The Morgan fingerprint density at radius 3 is 2.22 bits per heavy atom. The van der Waals surface area contributed by atoms with Crippen LogP contribution in [0.3, 0.4) is 0 Å². The van der Waals surface area contributed by atoms with Gasteiger partial charge in [-0.05, 0) is 33.6 Å². The minimum Gasteiger partial charge on any atom is -0.444 e. The number of aliphatic hydroxyl groups is 1. The molecule has 1 aliphatic rings. The van der Waals surface area contributed by atoms with E-state index in [-0.39, 0.29) is 30.5 Å². The quantitative estimate of drug-likeness (QED) is 0.801. The molecule has 0 aliphatic carbocycles. The third-order valence-corrected chi connectivity index (χ3v) is 3.24. The number of amides is 1. The van der Waals surface area contributed by atoms with Crippen LogP contribution in [0.2, 0.25) is 0 Å². The van der Waals surface area contributed by atoms with Gasteiger partial charge in [0.25, 0.3) is 0 Å². The highest BCUT2D eigenvalue weighted by molar-refractivity contribution is 5.85. The van der Waals surface area contributed by atoms with E-state index in [2.05, 4.69) is 0 Å². The zero-order valence-electron chi connectivity index (χ0n) is 11.4. The van der Waals surface area contributed by atoms with Crippen molar-refractivity contribution in [2.75, 3.05) is 26.2 Å². The lowest BCUT2D eigenvalue weighted by Gasteiger charge is -2.40. The number of likely N-dealkylation sites (tertiary alicyclic amines) is 1. The van der Waals surface area contributed by atoms with Crippen molar-refractivity contribution in [1.82, 2.24) is 4.90 Å². The molecule has 0 unspecified atom stereocenters. The highest BCUT2D eigenvalue weighted by Gasteiger charge is 2.35. The van der Waals surface area contributed by atoms with Gasteiger partial charge in [-0.3, -0.25) is 0 Å². The van der Waals surface area contributed by atoms with Crippen LogP contribution >= 0.6 is 12.4 Å². The van der Waals surface area contributed by atoms with Crippen LogP contribution in [0.4, 0.5) is 4.79 Å². The number of hydrogen-bond acceptors (Lipinski definition) is 4. The Morgan fingerprint density at radius 1 is 1.39 bits per heavy atom. The van der Waals surface area contributed by atoms with Crippen LogP contribution in [0, 0.1) is 5.41 Å². The number of aliphatic hydroxyl groups excluding tert-OH is 1. The average Bonchev–Trinajstić information content (AvgIpc) is 2.27. The number of halogens is 1. The summed E-state index contributed by atoms with van der Waals surface area (Å²) < 4.78 is 5.31. The van der Waals surface area contributed by atoms with Crippen LogP contribution in [-0.2, 0) is 4.74 Å². The summed E-state index contributed by atoms with van der Waals surface area (Å²) in [5, 5.41) is 9.34. The van der Waals surface area contributed by atoms with E-state index in [1.165, 1.54) is 0 Å². The van der Waals surface area contributed by atoms with Crippen molar-refractivity contribution < 1.29 is 14.6 Å². The maximum Gasteiger partial charge on any atom is 0.410 e. The molecule has 1 fully saturated rings. The molecular weight excluding hydrogens is 256 g/mol. The molecule has 0 bridgehead atoms. The van der Waals surface area contributed by atoms with E-state index in [1.54, 1.807) is 4.90 Å². The minimum atomic E-state index is -0.462. The van der Waals surface area contributed by atoms with Crippen LogP contribution in [0.15, 0.2) is 0 Å². The van der Waals surface area contributed by atoms with Gasteiger partial charge in [0, 0.05) is 25.0 Å². The Kier molecular flexibility index (Phi) is 6.40. The maximum atomic E-state index is 11.8. The van der Waals surface area contributed by atoms with E-state index in [9.17, 15) is 9.90 Å². The lowest BCUT2D eigenvalue weighted by atomic mass is 9.79. The van der Waals surface area contributed by atoms with Gasteiger partial charge in [0.05, 0.1) is 6.61 Å². The van der Waals surface area contributed by atoms with E-state index in [4.69, 9.17) is 10.5 Å². The van der Waals surface area contributed by atoms with Crippen LogP contribution in [0.1, 0.15) is 33.6 Å². The summed E-state index contributed by atoms with van der Waals surface area (Å²) in [7, 11) is 0. The molecule has 1 rings (SSSR count). The number of nitrogens with two attached hydrogens (primary N) is 1. The number of nitrogens with zero attached hydrogens (tertiary/aromatic N) is 1. The molecule has 0 aromatic heterocycles. The molecule has 0 aromatic rings. The normalized spacial score (nSPS) is 19.1. The van der Waals surface area contributed by atoms with Gasteiger partial charge in [0.15, 0.2) is 0 Å². The van der Waals surface area contributed by atoms with Gasteiger partial charge in [-0.25, -0.2) is 4.79 Å². The second-order valence-corrected chi connectivity index (χ2v) is 5.83. The second kappa shape index (κ2) is 6.59. The SMILES string of the molecule is CC(C)(C)OC(=O)N1CCC(CN)(CO)CC1.Cl. The molecular formula is C12H25ClN2O3. The van der Waals surface area contributed by atoms with Gasteiger partial charge in [0.2, 0.25) is 0 Å². The lowest BCUT2D eigenvalue weighted by molar-refractivity contribution is 0.00180. The molecule has 0 atom stereocenters. The monoisotopic (exact) mass is 280 g/mol. The summed E-state index contributed by atoms with van der Waals surface area (Å²) in [6, 6.07) is 0. The van der Waals surface area contributed by atoms with Crippen LogP contribution in [0.5, 0.6) is 0 Å². The van der Waals surface area contributed by atoms with Crippen molar-refractivity contribution in [2.45, 2.75) is 39.2 Å². The van der Waals surface area contributed by atoms with Crippen LogP contribution in [0.25, 0.3) is 0 Å². The molecule has 6 heteroatoms. The number of piperidine rings is 1. The number of carbonyl (C=O) groups is 1. The van der Waals surface area contributed by atoms with E-state index >= 15 is 0 Å². The lowest BCUT2D eigenvalue weighted by Crippen LogP contribution is -2.48. The van der Waals surface area contributed by atoms with E-state index in [1.807, 2.05) is 20.8 Å². The Hall–Kier alpha value is -0.520. The number of carbonyl (C=O) groups excluding carboxylic acids is 1. The highest BCUT2D eigenvalue weighted by atomic mass is 35.5. The summed E-state index contributed by atoms with van der Waals surface area (Å²) in [6.07, 6.45) is 1.19. The van der Waals surface area contributed by atoms with Gasteiger partial charge in [-0.2, -0.15) is 0 Å². The zero-order chi connectivity index (χ0) is 13.1. The fourth-order valence-corrected chi connectivity index (χ4v) is 1.92. The number of hydrogen-bond donors (Lipinski definition) is 2. The Labute approximate surface area is 115 Å². The standard InChI is InChI=1S/C12H24N2O3.ClH/c1-11(2,3)17-10(16)14-6-4-12(8-13,9-15)5-7-14;/h15H,4-9,13H2,1-3H3;1H. The van der Waals surface area contributed by atoms with Crippen molar-refractivity contribution in [3.63, 3.8) is 0 Å². The molecule has 1 aliphatic heterocycles. The first-order chi connectivity index (χ1) is 7.82. The Bertz CT molecular complexity index is 265. The first-order valence-corrected chi connectivity index (χ1v) is 6.11. The summed E-state index contributed by atoms with van der Waals surface area (Å²) in [5.41, 5.74) is 5.01. The van der Waals surface area contributed by atoms with Gasteiger partial charge in [0.1, 0.15) is 5.60 Å². The van der Waals surface area contributed by atoms with Gasteiger partial charge in [-0.15, -0.1) is 12.4 Å². The summed E-state index contributed by atoms with van der Waals surface area (Å²) >= 11 is 0. The average molecular weight is 281 g/mol. The van der Waals surface area contributed by atoms with Crippen molar-refractivity contribution in [3.8, 4) is 0 Å². The first-order valence-electron chi connectivity index (χ1n) is 6.11. The van der Waals surface area contributed by atoms with Gasteiger partial charge >= 0.3 is 6.09 Å². The summed E-state index contributed by atoms with van der Waals surface area (Å²) in [4.78, 5) is 13.5. The van der Waals surface area contributed by atoms with E-state index in [0.717, 1.165) is 12.8 Å². The largest absolute Gasteiger partial charge is 0.444 e. The molecule has 0 aromatic carbocycles. The van der Waals surface area contributed by atoms with Crippen LogP contribution < -0.4 is 5.73 Å². The molecule has 108 valence electrons. The fraction of sp³-hybridized carbons (Fsp3) is 0.917. The van der Waals surface area contributed by atoms with E-state index < -0.39 is 5.60 Å². The van der Waals surface area contributed by atoms with Gasteiger partial charge < -0.3 is 20.5 Å². The topological polar surface area (TPSA) is 75.8 Å². The van der Waals surface area contributed by atoms with E-state index in [0.29, 0.717) is 19.6 Å². The van der Waals surface area contributed by atoms with Gasteiger partial charge in [-0.1, -0.05) is 0 Å². The molecule has 5 nitrogen and oxygen atoms in total. The molecule has 1 heterocycles. The smallest absolute Gasteiger partial charge is 0.410 e. The zero-order valence-corrected chi connectivity index (χ0v) is 12.3. The van der Waals surface area contributed by atoms with Crippen molar-refractivity contribution in [3.05, 3.63) is 0 Å². The Balaban J connectivity index is 0.00000289. The predicted octanol–water partition coefficient (Wildman–Crippen LogP) is 1.38. The summed E-state index contributed by atoms with van der Waals surface area (Å²) in [5.74, 6) is 0. The number of ether oxygens (including phenoxy) is 1. The third-order valence-electron chi connectivity index (χ3n) is 3.24. The second-order valence-electron chi connectivity index (χ2n) is 5.83. The Morgan fingerprint density at radius 2 is 1.89 bits per heavy atom. The minimum absolute atomic E-state index is 0. The van der Waals surface area contributed by atoms with Crippen molar-refractivity contribution >= 4 is 18.5 Å². The highest BCUT2D eigenvalue weighted by Crippen LogP contribution is 2.30. The molecule has 1 saturated heterocycles. The van der Waals surface area contributed by atoms with Crippen LogP contribution in [-0.4, -0.2) is 47.9 Å². The van der Waals surface area contributed by atoms with Crippen molar-refractivity contribution in [2.24, 2.45) is 11.1 Å². The molecule has 18 heavy (non-hydrogen) atoms. The fourth-order valence-electron chi connectivity index (χ4n) is 1.92. The first kappa shape index (κ1) is 17.5. The molecule has 1 amide bonds. The summed E-state index contributed by atoms with van der Waals surface area (Å²) in [6.45, 7) is 7.32. The molecule has 0 spiro atoms.